The van der Waals surface area contributed by atoms with Gasteiger partial charge in [0.1, 0.15) is 5.75 Å². The summed E-state index contributed by atoms with van der Waals surface area (Å²) in [6.07, 6.45) is 0. The molecule has 0 spiro atoms. The molecule has 3 heteroatoms. The first kappa shape index (κ1) is 13.9. The number of hydrogen-bond donors (Lipinski definition) is 2. The molecule has 0 radical (unpaired) electrons. The van der Waals surface area contributed by atoms with Crippen molar-refractivity contribution < 1.29 is 9.90 Å². The Morgan fingerprint density at radius 3 is 2.18 bits per heavy atom. The van der Waals surface area contributed by atoms with E-state index in [1.165, 1.54) is 6.07 Å². The van der Waals surface area contributed by atoms with Gasteiger partial charge in [-0.3, -0.25) is 4.79 Å². The molecule has 0 unspecified atom stereocenters. The zero-order valence-electron chi connectivity index (χ0n) is 11.9. The Morgan fingerprint density at radius 2 is 1.41 bits per heavy atom. The number of nitrogens with one attached hydrogen (secondary N) is 1. The first-order valence-corrected chi connectivity index (χ1v) is 6.99. The smallest absolute Gasteiger partial charge is 0.259 e. The summed E-state index contributed by atoms with van der Waals surface area (Å²) in [6.45, 7) is 0. The largest absolute Gasteiger partial charge is 0.507 e. The highest BCUT2D eigenvalue weighted by Crippen LogP contribution is 2.28. The quantitative estimate of drug-likeness (QED) is 0.754. The second kappa shape index (κ2) is 6.14. The van der Waals surface area contributed by atoms with Gasteiger partial charge < -0.3 is 10.4 Å². The van der Waals surface area contributed by atoms with E-state index in [2.05, 4.69) is 5.32 Å². The third-order valence-electron chi connectivity index (χ3n) is 3.41. The molecule has 3 rings (SSSR count). The summed E-state index contributed by atoms with van der Waals surface area (Å²) in [7, 11) is 0. The molecular formula is C19H15NO2. The number of rotatable bonds is 3. The zero-order valence-corrected chi connectivity index (χ0v) is 11.9. The molecule has 0 aliphatic carbocycles. The van der Waals surface area contributed by atoms with Crippen LogP contribution in [-0.2, 0) is 0 Å². The lowest BCUT2D eigenvalue weighted by Crippen LogP contribution is -2.12. The molecule has 22 heavy (non-hydrogen) atoms. The van der Waals surface area contributed by atoms with Crippen molar-refractivity contribution in [2.45, 2.75) is 0 Å². The third-order valence-corrected chi connectivity index (χ3v) is 3.41. The maximum atomic E-state index is 12.3. The predicted molar refractivity (Wildman–Crippen MR) is 87.9 cm³/mol. The Morgan fingerprint density at radius 1 is 0.773 bits per heavy atom. The van der Waals surface area contributed by atoms with Crippen molar-refractivity contribution in [2.24, 2.45) is 0 Å². The average Bonchev–Trinajstić information content (AvgIpc) is 2.56. The molecule has 0 aromatic heterocycles. The van der Waals surface area contributed by atoms with Gasteiger partial charge in [-0.1, -0.05) is 60.7 Å². The number of benzene rings is 3. The van der Waals surface area contributed by atoms with Gasteiger partial charge in [-0.2, -0.15) is 0 Å². The number of carbonyl (C=O) groups excluding carboxylic acids is 1. The van der Waals surface area contributed by atoms with Crippen LogP contribution in [0.2, 0.25) is 0 Å². The monoisotopic (exact) mass is 289 g/mol. The molecule has 2 N–H and O–H groups in total. The topological polar surface area (TPSA) is 49.3 Å². The Labute approximate surface area is 128 Å². The minimum absolute atomic E-state index is 0.0304. The van der Waals surface area contributed by atoms with Crippen molar-refractivity contribution in [1.29, 1.82) is 0 Å². The van der Waals surface area contributed by atoms with Crippen LogP contribution < -0.4 is 5.32 Å². The SMILES string of the molecule is O=C(Nc1ccccc1-c1ccccc1)c1ccccc1O. The van der Waals surface area contributed by atoms with Crippen LogP contribution in [0.25, 0.3) is 11.1 Å². The molecule has 3 aromatic rings. The van der Waals surface area contributed by atoms with E-state index in [4.69, 9.17) is 0 Å². The lowest BCUT2D eigenvalue weighted by Gasteiger charge is -2.12. The highest BCUT2D eigenvalue weighted by atomic mass is 16.3. The summed E-state index contributed by atoms with van der Waals surface area (Å²) in [5.41, 5.74) is 2.93. The number of phenolic OH excluding ortho intramolecular Hbond substituents is 1. The van der Waals surface area contributed by atoms with E-state index in [0.29, 0.717) is 5.69 Å². The minimum Gasteiger partial charge on any atom is -0.507 e. The van der Waals surface area contributed by atoms with Gasteiger partial charge in [0.25, 0.3) is 5.91 Å². The fourth-order valence-electron chi connectivity index (χ4n) is 2.32. The van der Waals surface area contributed by atoms with E-state index in [-0.39, 0.29) is 17.2 Å². The van der Waals surface area contributed by atoms with Crippen molar-refractivity contribution in [1.82, 2.24) is 0 Å². The summed E-state index contributed by atoms with van der Waals surface area (Å²) in [6, 6.07) is 23.9. The molecule has 0 aliphatic rings. The van der Waals surface area contributed by atoms with Gasteiger partial charge in [-0.25, -0.2) is 0 Å². The first-order chi connectivity index (χ1) is 10.8. The number of anilines is 1. The number of aromatic hydroxyl groups is 1. The van der Waals surface area contributed by atoms with Gasteiger partial charge in [-0.15, -0.1) is 0 Å². The van der Waals surface area contributed by atoms with Gasteiger partial charge in [0.05, 0.1) is 5.56 Å². The standard InChI is InChI=1S/C19H15NO2/c21-18-13-7-5-11-16(18)19(22)20-17-12-6-4-10-15(17)14-8-2-1-3-9-14/h1-13,21H,(H,20,22). The summed E-state index contributed by atoms with van der Waals surface area (Å²) in [5.74, 6) is -0.362. The predicted octanol–water partition coefficient (Wildman–Crippen LogP) is 4.31. The molecule has 3 nitrogen and oxygen atoms in total. The second-order valence-corrected chi connectivity index (χ2v) is 4.88. The van der Waals surface area contributed by atoms with Crippen molar-refractivity contribution >= 4 is 11.6 Å². The van der Waals surface area contributed by atoms with E-state index >= 15 is 0 Å². The Hall–Kier alpha value is -3.07. The van der Waals surface area contributed by atoms with Crippen LogP contribution in [-0.4, -0.2) is 11.0 Å². The summed E-state index contributed by atoms with van der Waals surface area (Å²) in [4.78, 5) is 12.3. The maximum absolute atomic E-state index is 12.3. The molecule has 0 bridgehead atoms. The van der Waals surface area contributed by atoms with Crippen molar-refractivity contribution in [3.05, 3.63) is 84.4 Å². The Balaban J connectivity index is 1.94. The summed E-state index contributed by atoms with van der Waals surface area (Å²) in [5, 5.41) is 12.7. The molecule has 108 valence electrons. The van der Waals surface area contributed by atoms with Gasteiger partial charge in [0, 0.05) is 11.3 Å². The minimum atomic E-state index is -0.332. The van der Waals surface area contributed by atoms with E-state index in [1.807, 2.05) is 54.6 Å². The molecule has 0 atom stereocenters. The molecule has 0 aliphatic heterocycles. The van der Waals surface area contributed by atoms with Gasteiger partial charge in [-0.05, 0) is 23.8 Å². The number of carbonyl (C=O) groups is 1. The Kier molecular flexibility index (Phi) is 3.88. The second-order valence-electron chi connectivity index (χ2n) is 4.88. The van der Waals surface area contributed by atoms with Crippen LogP contribution >= 0.6 is 0 Å². The molecule has 0 saturated heterocycles. The maximum Gasteiger partial charge on any atom is 0.259 e. The lowest BCUT2D eigenvalue weighted by atomic mass is 10.0. The molecule has 0 fully saturated rings. The van der Waals surface area contributed by atoms with Gasteiger partial charge in [0.15, 0.2) is 0 Å². The number of amides is 1. The highest BCUT2D eigenvalue weighted by molar-refractivity contribution is 6.07. The van der Waals surface area contributed by atoms with E-state index in [0.717, 1.165) is 11.1 Å². The average molecular weight is 289 g/mol. The zero-order chi connectivity index (χ0) is 15.4. The van der Waals surface area contributed by atoms with Crippen LogP contribution in [0.1, 0.15) is 10.4 Å². The van der Waals surface area contributed by atoms with Gasteiger partial charge in [0.2, 0.25) is 0 Å². The molecule has 0 heterocycles. The third kappa shape index (κ3) is 2.83. The van der Waals surface area contributed by atoms with E-state index in [1.54, 1.807) is 18.2 Å². The van der Waals surface area contributed by atoms with Crippen LogP contribution in [0, 0.1) is 0 Å². The van der Waals surface area contributed by atoms with Crippen LogP contribution in [0.3, 0.4) is 0 Å². The van der Waals surface area contributed by atoms with Crippen molar-refractivity contribution in [2.75, 3.05) is 5.32 Å². The van der Waals surface area contributed by atoms with Crippen LogP contribution in [0.5, 0.6) is 5.75 Å². The van der Waals surface area contributed by atoms with Crippen molar-refractivity contribution in [3.63, 3.8) is 0 Å². The molecule has 1 amide bonds. The number of hydrogen-bond acceptors (Lipinski definition) is 2. The first-order valence-electron chi connectivity index (χ1n) is 6.99. The molecular weight excluding hydrogens is 274 g/mol. The number of phenols is 1. The lowest BCUT2D eigenvalue weighted by molar-refractivity contribution is 0.102. The van der Waals surface area contributed by atoms with E-state index < -0.39 is 0 Å². The van der Waals surface area contributed by atoms with E-state index in [9.17, 15) is 9.90 Å². The van der Waals surface area contributed by atoms with Crippen LogP contribution in [0.15, 0.2) is 78.9 Å². The normalized spacial score (nSPS) is 10.2. The highest BCUT2D eigenvalue weighted by Gasteiger charge is 2.12. The number of para-hydroxylation sites is 2. The fraction of sp³-hybridized carbons (Fsp3) is 0. The van der Waals surface area contributed by atoms with Crippen molar-refractivity contribution in [3.8, 4) is 16.9 Å². The summed E-state index contributed by atoms with van der Waals surface area (Å²) < 4.78 is 0. The molecule has 0 saturated carbocycles. The van der Waals surface area contributed by atoms with Crippen LogP contribution in [0.4, 0.5) is 5.69 Å². The molecule has 3 aromatic carbocycles. The van der Waals surface area contributed by atoms with Gasteiger partial charge >= 0.3 is 0 Å². The fourth-order valence-corrected chi connectivity index (χ4v) is 2.32. The summed E-state index contributed by atoms with van der Waals surface area (Å²) >= 11 is 0. The Bertz CT molecular complexity index is 797.